The van der Waals surface area contributed by atoms with Crippen LogP contribution in [-0.2, 0) is 12.8 Å². The summed E-state index contributed by atoms with van der Waals surface area (Å²) in [6, 6.07) is 9.11. The zero-order chi connectivity index (χ0) is 18.8. The van der Waals surface area contributed by atoms with Crippen molar-refractivity contribution < 1.29 is 17.9 Å². The van der Waals surface area contributed by atoms with Crippen molar-refractivity contribution in [2.24, 2.45) is 0 Å². The highest BCUT2D eigenvalue weighted by Gasteiger charge is 2.21. The Kier molecular flexibility index (Phi) is 5.58. The van der Waals surface area contributed by atoms with Gasteiger partial charge in [0.05, 0.1) is 10.5 Å². The Morgan fingerprint density at radius 2 is 1.92 bits per heavy atom. The molecule has 3 rings (SSSR count). The number of halogens is 5. The summed E-state index contributed by atoms with van der Waals surface area (Å²) in [6.07, 6.45) is 0.495. The Labute approximate surface area is 158 Å². The molecule has 0 aliphatic heterocycles. The molecule has 2 aromatic carbocycles. The van der Waals surface area contributed by atoms with Crippen molar-refractivity contribution in [2.45, 2.75) is 26.4 Å². The number of rotatable bonds is 5. The molecule has 0 radical (unpaired) electrons. The Hall–Kier alpha value is -1.98. The normalized spacial score (nSPS) is 11.3. The van der Waals surface area contributed by atoms with Gasteiger partial charge in [0, 0.05) is 28.1 Å². The molecule has 26 heavy (non-hydrogen) atoms. The second-order valence-electron chi connectivity index (χ2n) is 5.65. The molecule has 0 bridgehead atoms. The molecule has 1 aromatic heterocycles. The van der Waals surface area contributed by atoms with E-state index in [0.717, 1.165) is 0 Å². The van der Waals surface area contributed by atoms with Crippen LogP contribution in [-0.4, -0.2) is 11.6 Å². The van der Waals surface area contributed by atoms with Crippen LogP contribution in [0.2, 0.25) is 10.0 Å². The molecule has 136 valence electrons. The van der Waals surface area contributed by atoms with Gasteiger partial charge in [0.2, 0.25) is 0 Å². The molecule has 0 atom stereocenters. The Bertz CT molecular complexity index is 963. The lowest BCUT2D eigenvalue weighted by molar-refractivity contribution is -0.0494. The van der Waals surface area contributed by atoms with E-state index >= 15 is 0 Å². The molecule has 0 saturated heterocycles. The highest BCUT2D eigenvalue weighted by Crippen LogP contribution is 2.37. The Morgan fingerprint density at radius 1 is 1.15 bits per heavy atom. The molecule has 0 amide bonds. The lowest BCUT2D eigenvalue weighted by Crippen LogP contribution is -2.10. The molecule has 7 heteroatoms. The van der Waals surface area contributed by atoms with Crippen molar-refractivity contribution in [1.82, 2.24) is 4.98 Å². The molecule has 0 spiro atoms. The number of benzene rings is 2. The van der Waals surface area contributed by atoms with E-state index in [0.29, 0.717) is 39.2 Å². The van der Waals surface area contributed by atoms with Crippen molar-refractivity contribution in [1.29, 1.82) is 0 Å². The van der Waals surface area contributed by atoms with Gasteiger partial charge >= 0.3 is 6.61 Å². The van der Waals surface area contributed by atoms with Gasteiger partial charge in [-0.2, -0.15) is 8.78 Å². The third-order valence-electron chi connectivity index (χ3n) is 4.02. The van der Waals surface area contributed by atoms with E-state index in [1.54, 1.807) is 24.3 Å². The first-order valence-electron chi connectivity index (χ1n) is 7.89. The smallest absolute Gasteiger partial charge is 0.387 e. The van der Waals surface area contributed by atoms with Gasteiger partial charge in [-0.25, -0.2) is 4.39 Å². The summed E-state index contributed by atoms with van der Waals surface area (Å²) in [5.74, 6) is -0.549. The third kappa shape index (κ3) is 3.74. The average molecular weight is 400 g/mol. The van der Waals surface area contributed by atoms with Crippen LogP contribution in [0.3, 0.4) is 0 Å². The van der Waals surface area contributed by atoms with Gasteiger partial charge in [-0.05, 0) is 36.2 Å². The van der Waals surface area contributed by atoms with E-state index in [1.807, 2.05) is 6.92 Å². The zero-order valence-corrected chi connectivity index (χ0v) is 15.2. The number of hydrogen-bond donors (Lipinski definition) is 0. The van der Waals surface area contributed by atoms with Gasteiger partial charge in [0.1, 0.15) is 11.6 Å². The maximum Gasteiger partial charge on any atom is 0.387 e. The van der Waals surface area contributed by atoms with Gasteiger partial charge in [-0.1, -0.05) is 42.3 Å². The highest BCUT2D eigenvalue weighted by atomic mass is 35.5. The average Bonchev–Trinajstić information content (AvgIpc) is 2.58. The first kappa shape index (κ1) is 18.8. The fourth-order valence-corrected chi connectivity index (χ4v) is 3.24. The van der Waals surface area contributed by atoms with Gasteiger partial charge in [-0.15, -0.1) is 0 Å². The number of hydrogen-bond acceptors (Lipinski definition) is 2. The van der Waals surface area contributed by atoms with Crippen molar-refractivity contribution in [3.05, 3.63) is 69.1 Å². The second kappa shape index (κ2) is 7.72. The van der Waals surface area contributed by atoms with Crippen molar-refractivity contribution in [3.63, 3.8) is 0 Å². The van der Waals surface area contributed by atoms with Gasteiger partial charge in [-0.3, -0.25) is 4.98 Å². The highest BCUT2D eigenvalue weighted by molar-refractivity contribution is 6.35. The quantitative estimate of drug-likeness (QED) is 0.492. The summed E-state index contributed by atoms with van der Waals surface area (Å²) in [4.78, 5) is 4.50. The van der Waals surface area contributed by atoms with Crippen LogP contribution in [0.5, 0.6) is 5.75 Å². The molecule has 0 unspecified atom stereocenters. The van der Waals surface area contributed by atoms with E-state index in [1.165, 1.54) is 12.1 Å². The monoisotopic (exact) mass is 399 g/mol. The zero-order valence-electron chi connectivity index (χ0n) is 13.7. The van der Waals surface area contributed by atoms with Crippen molar-refractivity contribution in [2.75, 3.05) is 0 Å². The van der Waals surface area contributed by atoms with Gasteiger partial charge in [0.25, 0.3) is 0 Å². The lowest BCUT2D eigenvalue weighted by Gasteiger charge is -2.18. The lowest BCUT2D eigenvalue weighted by atomic mass is 9.98. The number of alkyl halides is 2. The van der Waals surface area contributed by atoms with Crippen LogP contribution in [0.1, 0.15) is 23.7 Å². The minimum Gasteiger partial charge on any atom is -0.434 e. The predicted octanol–water partition coefficient (Wildman–Crippen LogP) is 6.44. The van der Waals surface area contributed by atoms with E-state index in [2.05, 4.69) is 4.98 Å². The SMILES string of the molecule is CCc1nc2c(Cl)cccc2c(OC(F)F)c1Cc1ccc(Cl)cc1F. The van der Waals surface area contributed by atoms with E-state index in [4.69, 9.17) is 27.9 Å². The molecule has 3 aromatic rings. The van der Waals surface area contributed by atoms with Gasteiger partial charge < -0.3 is 4.74 Å². The molecule has 0 N–H and O–H groups in total. The van der Waals surface area contributed by atoms with Crippen molar-refractivity contribution in [3.8, 4) is 5.75 Å². The standard InChI is InChI=1S/C19H14Cl2F3NO/c1-2-16-13(8-10-6-7-11(20)9-15(10)22)18(26-19(23)24)12-4-3-5-14(21)17(12)25-16/h3-7,9,19H,2,8H2,1H3. The second-order valence-corrected chi connectivity index (χ2v) is 6.49. The number of para-hydroxylation sites is 1. The molecule has 2 nitrogen and oxygen atoms in total. The third-order valence-corrected chi connectivity index (χ3v) is 4.56. The van der Waals surface area contributed by atoms with Crippen LogP contribution in [0.15, 0.2) is 36.4 Å². The topological polar surface area (TPSA) is 22.1 Å². The molecule has 0 fully saturated rings. The number of pyridine rings is 1. The van der Waals surface area contributed by atoms with Crippen LogP contribution >= 0.6 is 23.2 Å². The maximum absolute atomic E-state index is 14.2. The van der Waals surface area contributed by atoms with Crippen LogP contribution in [0, 0.1) is 5.82 Å². The van der Waals surface area contributed by atoms with E-state index in [9.17, 15) is 13.2 Å². The van der Waals surface area contributed by atoms with E-state index in [-0.39, 0.29) is 17.2 Å². The van der Waals surface area contributed by atoms with Gasteiger partial charge in [0.15, 0.2) is 0 Å². The van der Waals surface area contributed by atoms with Crippen molar-refractivity contribution >= 4 is 34.1 Å². The Balaban J connectivity index is 2.24. The number of nitrogens with zero attached hydrogens (tertiary/aromatic N) is 1. The minimum atomic E-state index is -3.03. The summed E-state index contributed by atoms with van der Waals surface area (Å²) < 4.78 is 45.2. The Morgan fingerprint density at radius 3 is 2.58 bits per heavy atom. The summed E-state index contributed by atoms with van der Waals surface area (Å²) in [7, 11) is 0. The number of aryl methyl sites for hydroxylation is 1. The van der Waals surface area contributed by atoms with Crippen LogP contribution in [0.25, 0.3) is 10.9 Å². The molecular weight excluding hydrogens is 386 g/mol. The largest absolute Gasteiger partial charge is 0.434 e. The number of fused-ring (bicyclic) bond motifs is 1. The van der Waals surface area contributed by atoms with Crippen LogP contribution < -0.4 is 4.74 Å². The number of aromatic nitrogens is 1. The number of ether oxygens (including phenoxy) is 1. The molecule has 0 saturated carbocycles. The molecule has 0 aliphatic rings. The summed E-state index contributed by atoms with van der Waals surface area (Å²) in [5, 5.41) is 0.953. The first-order valence-corrected chi connectivity index (χ1v) is 8.65. The maximum atomic E-state index is 14.2. The molecule has 1 heterocycles. The van der Waals surface area contributed by atoms with Crippen LogP contribution in [0.4, 0.5) is 13.2 Å². The predicted molar refractivity (Wildman–Crippen MR) is 97.0 cm³/mol. The summed E-state index contributed by atoms with van der Waals surface area (Å²) in [6.45, 7) is -1.20. The fraction of sp³-hybridized carbons (Fsp3) is 0.211. The van der Waals surface area contributed by atoms with E-state index < -0.39 is 12.4 Å². The fourth-order valence-electron chi connectivity index (χ4n) is 2.86. The first-order chi connectivity index (χ1) is 12.4. The molecule has 0 aliphatic carbocycles. The minimum absolute atomic E-state index is 0.0290. The summed E-state index contributed by atoms with van der Waals surface area (Å²) >= 11 is 12.0. The summed E-state index contributed by atoms with van der Waals surface area (Å²) in [5.41, 5.74) is 1.62. The molecular formula is C19H14Cl2F3NO.